The predicted octanol–water partition coefficient (Wildman–Crippen LogP) is 1.38. The van der Waals surface area contributed by atoms with Gasteiger partial charge in [0.25, 0.3) is 10.1 Å². The van der Waals surface area contributed by atoms with Crippen LogP contribution in [-0.4, -0.2) is 54.1 Å². The fourth-order valence-corrected chi connectivity index (χ4v) is 2.01. The largest absolute Gasteiger partial charge is 0.459 e. The summed E-state index contributed by atoms with van der Waals surface area (Å²) in [6.45, 7) is 10.9. The summed E-state index contributed by atoms with van der Waals surface area (Å²) < 4.78 is 41.9. The smallest absolute Gasteiger partial charge is 0.407 e. The van der Waals surface area contributed by atoms with Crippen molar-refractivity contribution in [2.45, 2.75) is 71.0 Å². The van der Waals surface area contributed by atoms with Gasteiger partial charge in [0.2, 0.25) is 0 Å². The number of ether oxygens (including phenoxy) is 2. The summed E-state index contributed by atoms with van der Waals surface area (Å²) in [5.74, 6) is -0.794. The SMILES string of the molecule is CC(/C=C(\CNC(=O)OC(C)(C)C)C(N)C(=O)OC(C)(C)C)S(=O)(=O)O. The molecule has 0 rings (SSSR count). The van der Waals surface area contributed by atoms with Gasteiger partial charge in [0.1, 0.15) is 22.5 Å². The van der Waals surface area contributed by atoms with Gasteiger partial charge in [-0.2, -0.15) is 8.42 Å². The Bertz CT molecular complexity index is 642. The van der Waals surface area contributed by atoms with Crippen molar-refractivity contribution in [3.05, 3.63) is 11.6 Å². The normalized spacial score (nSPS) is 15.8. The average molecular weight is 394 g/mol. The fraction of sp³-hybridized carbons (Fsp3) is 0.750. The van der Waals surface area contributed by atoms with Gasteiger partial charge in [-0.15, -0.1) is 0 Å². The van der Waals surface area contributed by atoms with Crippen LogP contribution in [0.1, 0.15) is 48.5 Å². The van der Waals surface area contributed by atoms with Crippen LogP contribution in [0.25, 0.3) is 0 Å². The van der Waals surface area contributed by atoms with Gasteiger partial charge in [0, 0.05) is 6.54 Å². The lowest BCUT2D eigenvalue weighted by molar-refractivity contribution is -0.155. The molecule has 1 amide bonds. The summed E-state index contributed by atoms with van der Waals surface area (Å²) >= 11 is 0. The van der Waals surface area contributed by atoms with Crippen molar-refractivity contribution in [3.8, 4) is 0 Å². The van der Waals surface area contributed by atoms with Gasteiger partial charge < -0.3 is 20.5 Å². The van der Waals surface area contributed by atoms with Crippen LogP contribution < -0.4 is 11.1 Å². The topological polar surface area (TPSA) is 145 Å². The van der Waals surface area contributed by atoms with Crippen LogP contribution in [-0.2, 0) is 24.4 Å². The van der Waals surface area contributed by atoms with Crippen molar-refractivity contribution in [1.82, 2.24) is 5.32 Å². The highest BCUT2D eigenvalue weighted by Gasteiger charge is 2.27. The number of nitrogens with one attached hydrogen (secondary N) is 1. The molecule has 0 fully saturated rings. The lowest BCUT2D eigenvalue weighted by Crippen LogP contribution is -2.43. The molecule has 152 valence electrons. The standard InChI is InChI=1S/C16H30N2O7S/c1-10(26(21,22)23)8-11(9-18-14(20)25-16(5,6)7)12(17)13(19)24-15(2,3)4/h8,10,12H,9,17H2,1-7H3,(H,18,20)(H,21,22,23)/b11-8+. The number of rotatable bonds is 6. The highest BCUT2D eigenvalue weighted by molar-refractivity contribution is 7.86. The zero-order valence-corrected chi connectivity index (χ0v) is 17.1. The third kappa shape index (κ3) is 10.4. The maximum absolute atomic E-state index is 12.2. The monoisotopic (exact) mass is 394 g/mol. The average Bonchev–Trinajstić information content (AvgIpc) is 2.37. The second kappa shape index (κ2) is 8.83. The molecule has 4 N–H and O–H groups in total. The van der Waals surface area contributed by atoms with Crippen molar-refractivity contribution in [2.24, 2.45) is 5.73 Å². The first-order chi connectivity index (χ1) is 11.4. The van der Waals surface area contributed by atoms with E-state index in [-0.39, 0.29) is 12.1 Å². The number of amides is 1. The first-order valence-electron chi connectivity index (χ1n) is 8.04. The summed E-state index contributed by atoms with van der Waals surface area (Å²) in [6, 6.07) is -1.33. The molecule has 0 aliphatic rings. The highest BCUT2D eigenvalue weighted by atomic mass is 32.2. The van der Waals surface area contributed by atoms with E-state index in [0.29, 0.717) is 0 Å². The molecule has 0 aromatic carbocycles. The predicted molar refractivity (Wildman–Crippen MR) is 97.2 cm³/mol. The second-order valence-electron chi connectivity index (χ2n) is 7.83. The van der Waals surface area contributed by atoms with Gasteiger partial charge in [-0.05, 0) is 54.0 Å². The third-order valence-electron chi connectivity index (χ3n) is 2.81. The minimum atomic E-state index is -4.39. The summed E-state index contributed by atoms with van der Waals surface area (Å²) in [5.41, 5.74) is 4.40. The summed E-state index contributed by atoms with van der Waals surface area (Å²) in [6.07, 6.45) is 0.334. The summed E-state index contributed by atoms with van der Waals surface area (Å²) in [5, 5.41) is 1.07. The first kappa shape index (κ1) is 24.4. The molecule has 2 atom stereocenters. The van der Waals surface area contributed by atoms with E-state index in [2.05, 4.69) is 5.32 Å². The van der Waals surface area contributed by atoms with Gasteiger partial charge in [-0.1, -0.05) is 6.08 Å². The number of nitrogens with two attached hydrogens (primary N) is 1. The van der Waals surface area contributed by atoms with Crippen molar-refractivity contribution < 1.29 is 32.0 Å². The number of alkyl carbamates (subject to hydrolysis) is 1. The molecule has 0 radical (unpaired) electrons. The molecular weight excluding hydrogens is 364 g/mol. The minimum absolute atomic E-state index is 0.0650. The first-order valence-corrected chi connectivity index (χ1v) is 9.55. The van der Waals surface area contributed by atoms with Crippen LogP contribution in [0.5, 0.6) is 0 Å². The number of carbonyl (C=O) groups is 2. The Morgan fingerprint density at radius 1 is 1.12 bits per heavy atom. The van der Waals surface area contributed by atoms with Crippen molar-refractivity contribution in [1.29, 1.82) is 0 Å². The molecule has 0 bridgehead atoms. The lowest BCUT2D eigenvalue weighted by Gasteiger charge is -2.24. The fourth-order valence-electron chi connectivity index (χ4n) is 1.67. The molecule has 0 aromatic heterocycles. The van der Waals surface area contributed by atoms with Crippen LogP contribution in [0.15, 0.2) is 11.6 Å². The Balaban J connectivity index is 5.40. The van der Waals surface area contributed by atoms with Crippen molar-refractivity contribution >= 4 is 22.2 Å². The molecule has 10 heteroatoms. The Kier molecular flexibility index (Phi) is 8.27. The zero-order valence-electron chi connectivity index (χ0n) is 16.3. The second-order valence-corrected chi connectivity index (χ2v) is 9.60. The molecule has 0 saturated carbocycles. The van der Waals surface area contributed by atoms with Crippen LogP contribution in [0, 0.1) is 0 Å². The van der Waals surface area contributed by atoms with Crippen LogP contribution in [0.3, 0.4) is 0 Å². The maximum Gasteiger partial charge on any atom is 0.407 e. The molecule has 0 heterocycles. The number of carbonyl (C=O) groups excluding carboxylic acids is 2. The molecule has 0 aliphatic carbocycles. The summed E-state index contributed by atoms with van der Waals surface area (Å²) in [4.78, 5) is 23.9. The maximum atomic E-state index is 12.2. The number of hydrogen-bond acceptors (Lipinski definition) is 7. The van der Waals surface area contributed by atoms with E-state index < -0.39 is 44.7 Å². The van der Waals surface area contributed by atoms with Gasteiger partial charge in [-0.25, -0.2) is 9.59 Å². The van der Waals surface area contributed by atoms with E-state index in [1.807, 2.05) is 0 Å². The molecule has 0 aromatic rings. The van der Waals surface area contributed by atoms with Gasteiger partial charge in [0.15, 0.2) is 0 Å². The quantitative estimate of drug-likeness (QED) is 0.348. The molecule has 0 spiro atoms. The summed E-state index contributed by atoms with van der Waals surface area (Å²) in [7, 11) is -4.39. The van der Waals surface area contributed by atoms with E-state index in [9.17, 15) is 18.0 Å². The number of esters is 1. The minimum Gasteiger partial charge on any atom is -0.459 e. The van der Waals surface area contributed by atoms with Crippen LogP contribution in [0.2, 0.25) is 0 Å². The molecular formula is C16H30N2O7S. The van der Waals surface area contributed by atoms with Crippen molar-refractivity contribution in [3.63, 3.8) is 0 Å². The molecule has 0 saturated heterocycles. The van der Waals surface area contributed by atoms with Crippen molar-refractivity contribution in [2.75, 3.05) is 6.54 Å². The molecule has 26 heavy (non-hydrogen) atoms. The zero-order chi connectivity index (χ0) is 20.9. The van der Waals surface area contributed by atoms with E-state index in [1.165, 1.54) is 6.92 Å². The van der Waals surface area contributed by atoms with Gasteiger partial charge >= 0.3 is 12.1 Å². The van der Waals surface area contributed by atoms with Crippen LogP contribution >= 0.6 is 0 Å². The Morgan fingerprint density at radius 3 is 1.96 bits per heavy atom. The van der Waals surface area contributed by atoms with E-state index in [0.717, 1.165) is 6.08 Å². The van der Waals surface area contributed by atoms with E-state index >= 15 is 0 Å². The van der Waals surface area contributed by atoms with Gasteiger partial charge in [-0.3, -0.25) is 4.55 Å². The van der Waals surface area contributed by atoms with E-state index in [4.69, 9.17) is 19.8 Å². The third-order valence-corrected chi connectivity index (χ3v) is 3.89. The van der Waals surface area contributed by atoms with Crippen LogP contribution in [0.4, 0.5) is 4.79 Å². The Morgan fingerprint density at radius 2 is 1.58 bits per heavy atom. The molecule has 9 nitrogen and oxygen atoms in total. The number of hydrogen-bond donors (Lipinski definition) is 3. The van der Waals surface area contributed by atoms with Gasteiger partial charge in [0.05, 0.1) is 0 Å². The highest BCUT2D eigenvalue weighted by Crippen LogP contribution is 2.13. The molecule has 2 unspecified atom stereocenters. The lowest BCUT2D eigenvalue weighted by atomic mass is 10.1. The molecule has 0 aliphatic heterocycles. The Labute approximate surface area is 155 Å². The Hall–Kier alpha value is -1.65. The van der Waals surface area contributed by atoms with E-state index in [1.54, 1.807) is 41.5 Å².